The van der Waals surface area contributed by atoms with Crippen molar-refractivity contribution in [3.63, 3.8) is 0 Å². The number of thiazole rings is 1. The second kappa shape index (κ2) is 12.9. The maximum absolute atomic E-state index is 13.1. The molecule has 0 fully saturated rings. The van der Waals surface area contributed by atoms with Crippen LogP contribution in [0.25, 0.3) is 0 Å². The highest BCUT2D eigenvalue weighted by Gasteiger charge is 2.39. The molecule has 0 bridgehead atoms. The molecular formula is C23H31BN6O9S. The minimum atomic E-state index is -1.48. The van der Waals surface area contributed by atoms with Gasteiger partial charge < -0.3 is 42.0 Å². The second-order valence-electron chi connectivity index (χ2n) is 9.78. The molecule has 1 atom stereocenters. The van der Waals surface area contributed by atoms with E-state index < -0.39 is 47.6 Å². The molecule has 216 valence electrons. The molecule has 0 radical (unpaired) electrons. The van der Waals surface area contributed by atoms with Gasteiger partial charge >= 0.3 is 13.1 Å². The van der Waals surface area contributed by atoms with Crippen molar-refractivity contribution < 1.29 is 44.0 Å². The molecular weight excluding hydrogens is 547 g/mol. The number of hydrogen-bond acceptors (Lipinski definition) is 13. The van der Waals surface area contributed by atoms with Crippen LogP contribution in [-0.2, 0) is 25.6 Å². The lowest BCUT2D eigenvalue weighted by Crippen LogP contribution is -2.48. The molecule has 0 unspecified atom stereocenters. The Morgan fingerprint density at radius 2 is 1.88 bits per heavy atom. The summed E-state index contributed by atoms with van der Waals surface area (Å²) in [6.45, 7) is 5.75. The number of amides is 2. The molecule has 1 aromatic carbocycles. The van der Waals surface area contributed by atoms with Crippen LogP contribution in [0.3, 0.4) is 0 Å². The number of benzene rings is 1. The molecule has 40 heavy (non-hydrogen) atoms. The monoisotopic (exact) mass is 578 g/mol. The van der Waals surface area contributed by atoms with Crippen LogP contribution in [0.4, 0.5) is 5.13 Å². The number of nitrogen functional groups attached to an aromatic ring is 1. The van der Waals surface area contributed by atoms with Crippen molar-refractivity contribution in [2.75, 3.05) is 5.73 Å². The molecule has 2 aromatic rings. The third-order valence-electron chi connectivity index (χ3n) is 5.78. The molecule has 0 saturated carbocycles. The van der Waals surface area contributed by atoms with Gasteiger partial charge in [0.2, 0.25) is 11.5 Å². The Hall–Kier alpha value is -4.06. The van der Waals surface area contributed by atoms with Gasteiger partial charge in [-0.25, -0.2) is 9.78 Å². The first kappa shape index (κ1) is 32.2. The number of nitrogens with zero attached hydrogens (tertiary/aromatic N) is 2. The highest BCUT2D eigenvalue weighted by Crippen LogP contribution is 2.36. The van der Waals surface area contributed by atoms with E-state index in [1.165, 1.54) is 39.1 Å². The molecule has 0 spiro atoms. The summed E-state index contributed by atoms with van der Waals surface area (Å²) in [4.78, 5) is 55.5. The standard InChI is InChI=1S/C19H21BN4O7S.C4H10N2O2/c1-19(2,17(21)28)31-24-14(12-8-32-18(22)23-12)13(25)7-10-6-9-4-3-5-11(16(26)27)15(9)30-20(10)29;1-4(2,6-8)3(5)7/h3-5,8,10,29H,6-7H2,1-2H3,(H2,21,28)(H2,22,23)(H,26,27);6,8H,1-2H3,(H2,5,7)/b24-14-;/t10-;/m1./s1. The molecule has 2 heterocycles. The normalized spacial score (nSPS) is 15.2. The predicted octanol–water partition coefficient (Wildman–Crippen LogP) is 0.0822. The van der Waals surface area contributed by atoms with Gasteiger partial charge in [-0.2, -0.15) is 5.48 Å². The van der Waals surface area contributed by atoms with E-state index in [9.17, 15) is 29.3 Å². The summed E-state index contributed by atoms with van der Waals surface area (Å²) < 4.78 is 5.43. The first-order chi connectivity index (χ1) is 18.5. The van der Waals surface area contributed by atoms with Gasteiger partial charge in [0.25, 0.3) is 5.91 Å². The van der Waals surface area contributed by atoms with Crippen molar-refractivity contribution >= 4 is 52.9 Å². The van der Waals surface area contributed by atoms with E-state index in [1.807, 2.05) is 0 Å². The van der Waals surface area contributed by atoms with Crippen molar-refractivity contribution in [2.24, 2.45) is 16.6 Å². The van der Waals surface area contributed by atoms with E-state index in [4.69, 9.17) is 31.9 Å². The number of oxime groups is 1. The van der Waals surface area contributed by atoms with Gasteiger partial charge in [0, 0.05) is 17.6 Å². The molecule has 0 saturated heterocycles. The number of aromatic nitrogens is 1. The van der Waals surface area contributed by atoms with Crippen molar-refractivity contribution in [3.05, 3.63) is 40.4 Å². The number of carbonyl (C=O) groups excluding carboxylic acids is 3. The minimum Gasteiger partial charge on any atom is -0.535 e. The molecule has 17 heteroatoms. The van der Waals surface area contributed by atoms with Gasteiger partial charge in [0.15, 0.2) is 16.6 Å². The lowest BCUT2D eigenvalue weighted by atomic mass is 9.64. The van der Waals surface area contributed by atoms with E-state index in [-0.39, 0.29) is 40.7 Å². The quantitative estimate of drug-likeness (QED) is 0.112. The van der Waals surface area contributed by atoms with Crippen LogP contribution in [0.2, 0.25) is 5.82 Å². The summed E-state index contributed by atoms with van der Waals surface area (Å²) in [7, 11) is -1.42. The van der Waals surface area contributed by atoms with Crippen LogP contribution in [0, 0.1) is 0 Å². The zero-order chi connectivity index (χ0) is 30.4. The number of hydroxylamine groups is 1. The first-order valence-electron chi connectivity index (χ1n) is 11.7. The van der Waals surface area contributed by atoms with E-state index >= 15 is 0 Å². The second-order valence-corrected chi connectivity index (χ2v) is 10.7. The van der Waals surface area contributed by atoms with Gasteiger partial charge in [0.1, 0.15) is 17.0 Å². The van der Waals surface area contributed by atoms with E-state index in [1.54, 1.807) is 17.6 Å². The number of carbonyl (C=O) groups is 4. The van der Waals surface area contributed by atoms with Crippen molar-refractivity contribution in [3.8, 4) is 5.75 Å². The number of primary amides is 2. The lowest BCUT2D eigenvalue weighted by molar-refractivity contribution is -0.139. The fraction of sp³-hybridized carbons (Fsp3) is 0.391. The van der Waals surface area contributed by atoms with Gasteiger partial charge in [0.05, 0.1) is 5.56 Å². The summed E-state index contributed by atoms with van der Waals surface area (Å²) >= 11 is 1.09. The van der Waals surface area contributed by atoms with Gasteiger partial charge in [-0.05, 0) is 45.7 Å². The first-order valence-corrected chi connectivity index (χ1v) is 12.6. The number of hydrogen-bond donors (Lipinski definition) is 7. The Balaban J connectivity index is 0.000000611. The largest absolute Gasteiger partial charge is 0.535 e. The number of Topliss-reactive ketones (excluding diaryl/α,β-unsaturated/α-hetero) is 1. The molecule has 10 N–H and O–H groups in total. The van der Waals surface area contributed by atoms with Crippen molar-refractivity contribution in [1.82, 2.24) is 10.5 Å². The number of aromatic carboxylic acids is 1. The van der Waals surface area contributed by atoms with Gasteiger partial charge in [-0.15, -0.1) is 11.3 Å². The fourth-order valence-corrected chi connectivity index (χ4v) is 3.61. The number of nitrogens with one attached hydrogen (secondary N) is 1. The van der Waals surface area contributed by atoms with Crippen LogP contribution >= 0.6 is 11.3 Å². The summed E-state index contributed by atoms with van der Waals surface area (Å²) in [5.41, 5.74) is 15.5. The van der Waals surface area contributed by atoms with Crippen LogP contribution in [0.5, 0.6) is 5.75 Å². The van der Waals surface area contributed by atoms with Crippen LogP contribution in [-0.4, -0.2) is 67.9 Å². The lowest BCUT2D eigenvalue weighted by Gasteiger charge is -2.28. The third-order valence-corrected chi connectivity index (χ3v) is 6.46. The molecule has 1 aliphatic rings. The average molecular weight is 578 g/mol. The van der Waals surface area contributed by atoms with Crippen LogP contribution in [0.1, 0.15) is 55.7 Å². The Morgan fingerprint density at radius 1 is 1.23 bits per heavy atom. The number of ketones is 1. The number of carboxylic acids is 1. The van der Waals surface area contributed by atoms with Gasteiger partial charge in [-0.1, -0.05) is 17.3 Å². The topological polar surface area (TPSA) is 263 Å². The Kier molecular flexibility index (Phi) is 10.3. The summed E-state index contributed by atoms with van der Waals surface area (Å²) in [5, 5.41) is 33.5. The predicted molar refractivity (Wildman–Crippen MR) is 145 cm³/mol. The number of para-hydroxylation sites is 1. The molecule has 15 nitrogen and oxygen atoms in total. The van der Waals surface area contributed by atoms with E-state index in [2.05, 4.69) is 10.1 Å². The molecule has 2 amide bonds. The number of rotatable bonds is 10. The average Bonchev–Trinajstić information content (AvgIpc) is 3.29. The smallest absolute Gasteiger partial charge is 0.526 e. The summed E-state index contributed by atoms with van der Waals surface area (Å²) in [6, 6.07) is 4.60. The Labute approximate surface area is 233 Å². The molecule has 3 rings (SSSR count). The van der Waals surface area contributed by atoms with Crippen molar-refractivity contribution in [2.45, 2.75) is 57.5 Å². The number of anilines is 1. The minimum absolute atomic E-state index is 0.0731. The van der Waals surface area contributed by atoms with E-state index in [0.717, 1.165) is 11.3 Å². The number of carboxylic acid groups (broad SMARTS) is 1. The highest BCUT2D eigenvalue weighted by atomic mass is 32.1. The third kappa shape index (κ3) is 7.98. The Bertz CT molecular complexity index is 1310. The molecule has 1 aromatic heterocycles. The zero-order valence-corrected chi connectivity index (χ0v) is 23.0. The maximum atomic E-state index is 13.1. The van der Waals surface area contributed by atoms with Crippen LogP contribution < -0.4 is 27.3 Å². The van der Waals surface area contributed by atoms with Gasteiger partial charge in [-0.3, -0.25) is 14.4 Å². The van der Waals surface area contributed by atoms with Crippen molar-refractivity contribution in [1.29, 1.82) is 0 Å². The van der Waals surface area contributed by atoms with E-state index in [0.29, 0.717) is 5.56 Å². The number of fused-ring (bicyclic) bond motifs is 1. The number of nitrogens with two attached hydrogens (primary N) is 3. The maximum Gasteiger partial charge on any atom is 0.526 e. The molecule has 1 aliphatic heterocycles. The fourth-order valence-electron chi connectivity index (χ4n) is 3.06. The SMILES string of the molecule is CC(C)(NO)C(N)=O.CC(C)(O/N=C(\C(=O)C[C@H]1Cc2cccc(C(=O)O)c2OB1O)c1csc(N)n1)C(N)=O. The molecule has 0 aliphatic carbocycles. The summed E-state index contributed by atoms with van der Waals surface area (Å²) in [6.07, 6.45) is -0.0159. The Morgan fingerprint density at radius 3 is 2.35 bits per heavy atom. The zero-order valence-electron chi connectivity index (χ0n) is 22.2. The highest BCUT2D eigenvalue weighted by molar-refractivity contribution is 7.13. The van der Waals surface area contributed by atoms with Crippen LogP contribution in [0.15, 0.2) is 28.7 Å². The summed E-state index contributed by atoms with van der Waals surface area (Å²) in [5.74, 6) is -3.71.